The van der Waals surface area contributed by atoms with Crippen LogP contribution in [0.1, 0.15) is 47.2 Å². The molecule has 1 aromatic heterocycles. The minimum atomic E-state index is -0.541. The molecule has 2 heterocycles. The zero-order valence-electron chi connectivity index (χ0n) is 19.3. The van der Waals surface area contributed by atoms with Crippen molar-refractivity contribution >= 4 is 29.2 Å². The largest absolute Gasteiger partial charge is 0.497 e. The van der Waals surface area contributed by atoms with E-state index in [4.69, 9.17) is 15.2 Å². The van der Waals surface area contributed by atoms with Crippen LogP contribution in [0.5, 0.6) is 11.5 Å². The highest BCUT2D eigenvalue weighted by molar-refractivity contribution is 5.95. The number of hydrogen-bond donors (Lipinski definition) is 2. The van der Waals surface area contributed by atoms with Gasteiger partial charge in [-0.3, -0.25) is 9.69 Å². The maximum absolute atomic E-state index is 14.3. The second kappa shape index (κ2) is 10.2. The molecule has 0 spiro atoms. The van der Waals surface area contributed by atoms with Crippen LogP contribution in [0.3, 0.4) is 0 Å². The quantitative estimate of drug-likeness (QED) is 0.485. The summed E-state index contributed by atoms with van der Waals surface area (Å²) in [5, 5.41) is 1.20. The normalized spacial score (nSPS) is 17.6. The number of ether oxygens (including phenoxy) is 2. The lowest BCUT2D eigenvalue weighted by Crippen LogP contribution is -2.51. The Morgan fingerprint density at radius 1 is 1.26 bits per heavy atom. The molecule has 1 aliphatic heterocycles. The number of amides is 1. The Morgan fingerprint density at radius 2 is 2.09 bits per heavy atom. The molecule has 34 heavy (non-hydrogen) atoms. The molecule has 1 saturated carbocycles. The molecule has 1 unspecified atom stereocenters. The number of benzene rings is 2. The van der Waals surface area contributed by atoms with Crippen molar-refractivity contribution in [2.75, 3.05) is 20.3 Å². The molecule has 1 fully saturated rings. The fourth-order valence-corrected chi connectivity index (χ4v) is 5.20. The van der Waals surface area contributed by atoms with Gasteiger partial charge in [0.25, 0.3) is 0 Å². The number of nitrogens with zero attached hydrogens (tertiary/aromatic N) is 1. The summed E-state index contributed by atoms with van der Waals surface area (Å²) >= 11 is 0. The molecule has 1 aliphatic carbocycles. The highest BCUT2D eigenvalue weighted by atomic mass is 35.5. The number of hydrogen-bond acceptors (Lipinski definition) is 4. The third-order valence-electron chi connectivity index (χ3n) is 7.19. The number of H-pyrrole nitrogens is 1. The number of nitrogens with one attached hydrogen (secondary N) is 1. The van der Waals surface area contributed by atoms with E-state index in [0.717, 1.165) is 30.7 Å². The summed E-state index contributed by atoms with van der Waals surface area (Å²) in [6, 6.07) is 9.44. The highest BCUT2D eigenvalue weighted by Crippen LogP contribution is 2.35. The van der Waals surface area contributed by atoms with Gasteiger partial charge in [-0.15, -0.1) is 12.4 Å². The Bertz CT molecular complexity index is 1180. The summed E-state index contributed by atoms with van der Waals surface area (Å²) in [5.74, 6) is 0.0673. The number of primary amides is 1. The van der Waals surface area contributed by atoms with Gasteiger partial charge in [-0.25, -0.2) is 4.39 Å². The lowest BCUT2D eigenvalue weighted by Gasteiger charge is -2.44. The fourth-order valence-electron chi connectivity index (χ4n) is 5.20. The molecule has 2 aromatic carbocycles. The number of carbonyl (C=O) groups is 1. The van der Waals surface area contributed by atoms with Gasteiger partial charge in [-0.1, -0.05) is 6.42 Å². The van der Waals surface area contributed by atoms with Crippen molar-refractivity contribution < 1.29 is 18.7 Å². The molecule has 1 atom stereocenters. The van der Waals surface area contributed by atoms with Gasteiger partial charge in [0.15, 0.2) is 11.6 Å². The van der Waals surface area contributed by atoms with E-state index < -0.39 is 11.7 Å². The highest BCUT2D eigenvalue weighted by Gasteiger charge is 2.35. The van der Waals surface area contributed by atoms with E-state index in [1.54, 1.807) is 7.11 Å². The van der Waals surface area contributed by atoms with Crippen molar-refractivity contribution in [1.82, 2.24) is 9.88 Å². The minimum absolute atomic E-state index is 0. The molecule has 8 heteroatoms. The minimum Gasteiger partial charge on any atom is -0.497 e. The number of aryl methyl sites for hydroxylation is 1. The molecule has 2 aliphatic rings. The molecule has 5 rings (SSSR count). The van der Waals surface area contributed by atoms with Crippen LogP contribution in [0.25, 0.3) is 10.9 Å². The Balaban J connectivity index is 0.00000274. The Hall–Kier alpha value is -2.77. The number of carbonyl (C=O) groups excluding carboxylic acids is 1. The van der Waals surface area contributed by atoms with Gasteiger partial charge < -0.3 is 20.2 Å². The molecule has 3 N–H and O–H groups in total. The smallest absolute Gasteiger partial charge is 0.249 e. The van der Waals surface area contributed by atoms with Crippen LogP contribution < -0.4 is 15.2 Å². The van der Waals surface area contributed by atoms with Gasteiger partial charge in [0.2, 0.25) is 5.91 Å². The van der Waals surface area contributed by atoms with Crippen LogP contribution >= 0.6 is 12.4 Å². The van der Waals surface area contributed by atoms with Gasteiger partial charge in [-0.05, 0) is 74.5 Å². The van der Waals surface area contributed by atoms with Crippen molar-refractivity contribution in [1.29, 1.82) is 0 Å². The average Bonchev–Trinajstić information content (AvgIpc) is 3.19. The van der Waals surface area contributed by atoms with Crippen LogP contribution in [-0.2, 0) is 12.8 Å². The van der Waals surface area contributed by atoms with Crippen LogP contribution in [-0.4, -0.2) is 48.1 Å². The predicted molar refractivity (Wildman–Crippen MR) is 133 cm³/mol. The maximum atomic E-state index is 14.3. The third-order valence-corrected chi connectivity index (χ3v) is 7.19. The lowest BCUT2D eigenvalue weighted by atomic mass is 9.87. The zero-order valence-corrected chi connectivity index (χ0v) is 20.1. The maximum Gasteiger partial charge on any atom is 0.249 e. The molecular weight excluding hydrogens is 457 g/mol. The lowest BCUT2D eigenvalue weighted by molar-refractivity contribution is 0.0421. The summed E-state index contributed by atoms with van der Waals surface area (Å²) in [4.78, 5) is 17.8. The van der Waals surface area contributed by atoms with E-state index in [1.165, 1.54) is 42.3 Å². The van der Waals surface area contributed by atoms with Gasteiger partial charge >= 0.3 is 0 Å². The number of aromatic amines is 1. The number of nitrogens with two attached hydrogens (primary N) is 1. The molecule has 0 bridgehead atoms. The first-order chi connectivity index (χ1) is 16.0. The Morgan fingerprint density at radius 3 is 2.79 bits per heavy atom. The topological polar surface area (TPSA) is 80.6 Å². The van der Waals surface area contributed by atoms with E-state index in [0.29, 0.717) is 30.2 Å². The summed E-state index contributed by atoms with van der Waals surface area (Å²) in [6.45, 7) is 1.35. The van der Waals surface area contributed by atoms with E-state index in [9.17, 15) is 9.18 Å². The number of rotatable bonds is 8. The summed E-state index contributed by atoms with van der Waals surface area (Å²) < 4.78 is 25.6. The first-order valence-electron chi connectivity index (χ1n) is 11.7. The standard InChI is InChI=1S/C26H30FN3O3.ClH/c1-32-19-7-10-24-21(13-19)16(14-29-24)4-3-11-30(17-5-2-6-17)18-12-22-20(26(28)31)8-9-23(27)25(22)33-15-18;/h7-10,13-14,17-18,29H,2-6,11-12,15H2,1H3,(H2,28,31);1H. The molecule has 0 saturated heterocycles. The zero-order chi connectivity index (χ0) is 22.9. The van der Waals surface area contributed by atoms with Crippen LogP contribution in [0.2, 0.25) is 0 Å². The second-order valence-electron chi connectivity index (χ2n) is 9.09. The molecule has 3 aromatic rings. The monoisotopic (exact) mass is 487 g/mol. The van der Waals surface area contributed by atoms with E-state index in [-0.39, 0.29) is 24.2 Å². The molecule has 6 nitrogen and oxygen atoms in total. The van der Waals surface area contributed by atoms with Crippen molar-refractivity contribution in [3.8, 4) is 11.5 Å². The molecule has 0 radical (unpaired) electrons. The number of methoxy groups -OCH3 is 1. The van der Waals surface area contributed by atoms with E-state index >= 15 is 0 Å². The summed E-state index contributed by atoms with van der Waals surface area (Å²) in [6.07, 6.45) is 8.16. The van der Waals surface area contributed by atoms with Crippen molar-refractivity contribution in [2.24, 2.45) is 5.73 Å². The van der Waals surface area contributed by atoms with Crippen LogP contribution in [0.4, 0.5) is 4.39 Å². The van der Waals surface area contributed by atoms with Crippen molar-refractivity contribution in [3.05, 3.63) is 59.0 Å². The van der Waals surface area contributed by atoms with Gasteiger partial charge in [0.1, 0.15) is 12.4 Å². The average molecular weight is 488 g/mol. The van der Waals surface area contributed by atoms with Crippen molar-refractivity contribution in [3.63, 3.8) is 0 Å². The van der Waals surface area contributed by atoms with Gasteiger partial charge in [0.05, 0.1) is 7.11 Å². The molecular formula is C26H31ClFN3O3. The number of aromatic nitrogens is 1. The third kappa shape index (κ3) is 4.59. The SMILES string of the molecule is COc1ccc2[nH]cc(CCCN(C3CCC3)C3COc4c(F)ccc(C(N)=O)c4C3)c2c1.Cl. The first kappa shape index (κ1) is 24.4. The Kier molecular flexibility index (Phi) is 7.33. The summed E-state index contributed by atoms with van der Waals surface area (Å²) in [7, 11) is 1.68. The number of halogens is 2. The number of fused-ring (bicyclic) bond motifs is 2. The van der Waals surface area contributed by atoms with E-state index in [1.807, 2.05) is 12.1 Å². The van der Waals surface area contributed by atoms with Crippen LogP contribution in [0, 0.1) is 5.82 Å². The molecule has 182 valence electrons. The molecule has 1 amide bonds. The van der Waals surface area contributed by atoms with Crippen LogP contribution in [0.15, 0.2) is 36.5 Å². The van der Waals surface area contributed by atoms with Crippen molar-refractivity contribution in [2.45, 2.75) is 50.6 Å². The fraction of sp³-hybridized carbons (Fsp3) is 0.423. The predicted octanol–water partition coefficient (Wildman–Crippen LogP) is 4.63. The first-order valence-corrected chi connectivity index (χ1v) is 11.7. The van der Waals surface area contributed by atoms with E-state index in [2.05, 4.69) is 22.1 Å². The second-order valence-corrected chi connectivity index (χ2v) is 9.09. The summed E-state index contributed by atoms with van der Waals surface area (Å²) in [5.41, 5.74) is 8.92. The Labute approximate surface area is 205 Å². The van der Waals surface area contributed by atoms with Gasteiger partial charge in [0, 0.05) is 40.3 Å². The van der Waals surface area contributed by atoms with Gasteiger partial charge in [-0.2, -0.15) is 0 Å².